The van der Waals surface area contributed by atoms with Gasteiger partial charge in [-0.3, -0.25) is 19.2 Å². The Hall–Kier alpha value is -3.28. The Kier molecular flexibility index (Phi) is 4.42. The number of pyridine rings is 1. The van der Waals surface area contributed by atoms with Crippen molar-refractivity contribution in [2.45, 2.75) is 6.92 Å². The third-order valence-corrected chi connectivity index (χ3v) is 4.61. The Bertz CT molecular complexity index is 1060. The van der Waals surface area contributed by atoms with E-state index in [-0.39, 0.29) is 5.56 Å². The molecule has 1 aliphatic rings. The minimum absolute atomic E-state index is 0.262. The standard InChI is InChI=1S/C20H18N2O4/c1-12-10-17(24)18(20(26)21(12)2)16(23)9-8-14-11-13-6-4-5-7-15(13)22(3)19(14)25/h4-11,18H,1-3H3/b9-8+. The van der Waals surface area contributed by atoms with Crippen molar-refractivity contribution in [1.29, 1.82) is 0 Å². The second kappa shape index (κ2) is 6.55. The number of ketones is 2. The molecule has 3 rings (SSSR count). The molecule has 0 radical (unpaired) electrons. The van der Waals surface area contributed by atoms with Gasteiger partial charge in [0.15, 0.2) is 17.5 Å². The van der Waals surface area contributed by atoms with E-state index in [4.69, 9.17) is 0 Å². The average molecular weight is 350 g/mol. The first-order valence-corrected chi connectivity index (χ1v) is 8.11. The van der Waals surface area contributed by atoms with Crippen LogP contribution in [0.3, 0.4) is 0 Å². The molecule has 6 nitrogen and oxygen atoms in total. The lowest BCUT2D eigenvalue weighted by atomic mass is 9.92. The average Bonchev–Trinajstić information content (AvgIpc) is 2.61. The largest absolute Gasteiger partial charge is 0.318 e. The van der Waals surface area contributed by atoms with Crippen LogP contribution in [0.15, 0.2) is 53.0 Å². The molecule has 0 bridgehead atoms. The lowest BCUT2D eigenvalue weighted by Crippen LogP contribution is -2.43. The first-order chi connectivity index (χ1) is 12.3. The van der Waals surface area contributed by atoms with E-state index in [2.05, 4.69) is 0 Å². The van der Waals surface area contributed by atoms with Crippen LogP contribution in [-0.4, -0.2) is 34.0 Å². The van der Waals surface area contributed by atoms with Crippen LogP contribution in [0.25, 0.3) is 17.0 Å². The highest BCUT2D eigenvalue weighted by Crippen LogP contribution is 2.19. The van der Waals surface area contributed by atoms with Crippen LogP contribution in [0, 0.1) is 5.92 Å². The van der Waals surface area contributed by atoms with Gasteiger partial charge < -0.3 is 9.47 Å². The number of aromatic nitrogens is 1. The summed E-state index contributed by atoms with van der Waals surface area (Å²) in [5.41, 5.74) is 1.33. The molecule has 0 saturated carbocycles. The van der Waals surface area contributed by atoms with Gasteiger partial charge in [-0.25, -0.2) is 0 Å². The van der Waals surface area contributed by atoms with E-state index in [0.29, 0.717) is 11.3 Å². The van der Waals surface area contributed by atoms with E-state index in [1.54, 1.807) is 20.0 Å². The molecule has 2 aromatic rings. The summed E-state index contributed by atoms with van der Waals surface area (Å²) >= 11 is 0. The zero-order valence-corrected chi connectivity index (χ0v) is 14.7. The van der Waals surface area contributed by atoms with Crippen molar-refractivity contribution < 1.29 is 14.4 Å². The van der Waals surface area contributed by atoms with E-state index in [1.807, 2.05) is 24.3 Å². The molecule has 132 valence electrons. The number of fused-ring (bicyclic) bond motifs is 1. The predicted octanol–water partition coefficient (Wildman–Crippen LogP) is 1.68. The molecule has 0 spiro atoms. The molecule has 1 unspecified atom stereocenters. The van der Waals surface area contributed by atoms with Crippen LogP contribution < -0.4 is 5.56 Å². The van der Waals surface area contributed by atoms with Crippen molar-refractivity contribution >= 4 is 34.5 Å². The fourth-order valence-corrected chi connectivity index (χ4v) is 2.97. The van der Waals surface area contributed by atoms with Gasteiger partial charge in [0.05, 0.1) is 5.52 Å². The van der Waals surface area contributed by atoms with Gasteiger partial charge in [0.2, 0.25) is 5.91 Å². The Labute approximate surface area is 150 Å². The predicted molar refractivity (Wildman–Crippen MR) is 98.3 cm³/mol. The van der Waals surface area contributed by atoms with E-state index >= 15 is 0 Å². The van der Waals surface area contributed by atoms with Gasteiger partial charge >= 0.3 is 0 Å². The topological polar surface area (TPSA) is 76.5 Å². The minimum atomic E-state index is -1.38. The van der Waals surface area contributed by atoms with E-state index in [1.165, 1.54) is 28.7 Å². The summed E-state index contributed by atoms with van der Waals surface area (Å²) in [5, 5.41) is 0.852. The van der Waals surface area contributed by atoms with Crippen LogP contribution in [0.2, 0.25) is 0 Å². The molecule has 26 heavy (non-hydrogen) atoms. The third-order valence-electron chi connectivity index (χ3n) is 4.61. The van der Waals surface area contributed by atoms with Crippen LogP contribution in [-0.2, 0) is 21.4 Å². The van der Waals surface area contributed by atoms with Crippen molar-refractivity contribution in [3.05, 3.63) is 64.1 Å². The zero-order valence-electron chi connectivity index (χ0n) is 14.7. The number of allylic oxidation sites excluding steroid dienone is 3. The van der Waals surface area contributed by atoms with Crippen LogP contribution in [0.1, 0.15) is 12.5 Å². The Balaban J connectivity index is 1.96. The van der Waals surface area contributed by atoms with E-state index in [0.717, 1.165) is 17.0 Å². The minimum Gasteiger partial charge on any atom is -0.318 e. The van der Waals surface area contributed by atoms with Gasteiger partial charge in [-0.2, -0.15) is 0 Å². The molecule has 0 N–H and O–H groups in total. The number of aryl methyl sites for hydroxylation is 1. The molecule has 1 aliphatic heterocycles. The maximum Gasteiger partial charge on any atom is 0.258 e. The number of hydrogen-bond acceptors (Lipinski definition) is 4. The number of nitrogens with zero attached hydrogens (tertiary/aromatic N) is 2. The van der Waals surface area contributed by atoms with Crippen molar-refractivity contribution in [2.24, 2.45) is 13.0 Å². The molecule has 0 aliphatic carbocycles. The summed E-state index contributed by atoms with van der Waals surface area (Å²) in [6.07, 6.45) is 3.78. The lowest BCUT2D eigenvalue weighted by Gasteiger charge is -2.25. The fraction of sp³-hybridized carbons (Fsp3) is 0.200. The molecule has 0 fully saturated rings. The second-order valence-electron chi connectivity index (χ2n) is 6.28. The second-order valence-corrected chi connectivity index (χ2v) is 6.28. The van der Waals surface area contributed by atoms with Crippen molar-refractivity contribution in [3.63, 3.8) is 0 Å². The monoisotopic (exact) mass is 350 g/mol. The first kappa shape index (κ1) is 17.5. The van der Waals surface area contributed by atoms with Crippen molar-refractivity contribution in [2.75, 3.05) is 7.05 Å². The number of carbonyl (C=O) groups is 3. The van der Waals surface area contributed by atoms with Crippen LogP contribution >= 0.6 is 0 Å². The quantitative estimate of drug-likeness (QED) is 0.623. The molecule has 1 aromatic heterocycles. The van der Waals surface area contributed by atoms with Crippen molar-refractivity contribution in [1.82, 2.24) is 9.47 Å². The Morgan fingerprint density at radius 3 is 2.54 bits per heavy atom. The van der Waals surface area contributed by atoms with Gasteiger partial charge in [0.1, 0.15) is 0 Å². The van der Waals surface area contributed by atoms with Crippen molar-refractivity contribution in [3.8, 4) is 0 Å². The molecular formula is C20H18N2O4. The van der Waals surface area contributed by atoms with Crippen LogP contribution in [0.5, 0.6) is 0 Å². The highest BCUT2D eigenvalue weighted by Gasteiger charge is 2.37. The molecular weight excluding hydrogens is 332 g/mol. The highest BCUT2D eigenvalue weighted by molar-refractivity contribution is 6.26. The van der Waals surface area contributed by atoms with E-state index < -0.39 is 23.4 Å². The summed E-state index contributed by atoms with van der Waals surface area (Å²) < 4.78 is 1.50. The molecule has 6 heteroatoms. The maximum atomic E-state index is 12.4. The van der Waals surface area contributed by atoms with E-state index in [9.17, 15) is 19.2 Å². The smallest absolute Gasteiger partial charge is 0.258 e. The highest BCUT2D eigenvalue weighted by atomic mass is 16.2. The summed E-state index contributed by atoms with van der Waals surface area (Å²) in [6.45, 7) is 1.63. The van der Waals surface area contributed by atoms with Gasteiger partial charge in [-0.15, -0.1) is 0 Å². The SMILES string of the molecule is CC1=CC(=O)C(C(=O)/C=C/c2cc3ccccc3n(C)c2=O)C(=O)N1C. The first-order valence-electron chi connectivity index (χ1n) is 8.11. The molecule has 1 aromatic carbocycles. The number of para-hydroxylation sites is 1. The number of benzene rings is 1. The fourth-order valence-electron chi connectivity index (χ4n) is 2.97. The third kappa shape index (κ3) is 2.90. The summed E-state index contributed by atoms with van der Waals surface area (Å²) in [7, 11) is 3.17. The molecule has 1 amide bonds. The molecule has 1 atom stereocenters. The Morgan fingerprint density at radius 2 is 1.81 bits per heavy atom. The lowest BCUT2D eigenvalue weighted by molar-refractivity contribution is -0.142. The molecule has 0 saturated heterocycles. The number of amides is 1. The number of rotatable bonds is 3. The molecule has 2 heterocycles. The number of hydrogen-bond donors (Lipinski definition) is 0. The Morgan fingerprint density at radius 1 is 1.12 bits per heavy atom. The van der Waals surface area contributed by atoms with Crippen LogP contribution in [0.4, 0.5) is 0 Å². The van der Waals surface area contributed by atoms with Gasteiger partial charge in [-0.05, 0) is 36.6 Å². The summed E-state index contributed by atoms with van der Waals surface area (Å²) in [4.78, 5) is 50.4. The normalized spacial score (nSPS) is 17.9. The maximum absolute atomic E-state index is 12.4. The van der Waals surface area contributed by atoms with Gasteiger partial charge in [0.25, 0.3) is 5.56 Å². The van der Waals surface area contributed by atoms with Gasteiger partial charge in [-0.1, -0.05) is 18.2 Å². The number of carbonyl (C=O) groups excluding carboxylic acids is 3. The summed E-state index contributed by atoms with van der Waals surface area (Å²) in [6, 6.07) is 9.08. The van der Waals surface area contributed by atoms with Gasteiger partial charge in [0, 0.05) is 31.4 Å². The zero-order chi connectivity index (χ0) is 19.0. The summed E-state index contributed by atoms with van der Waals surface area (Å²) in [5.74, 6) is -3.11.